The van der Waals surface area contributed by atoms with Crippen LogP contribution in [0.4, 0.5) is 4.39 Å². The van der Waals surface area contributed by atoms with Crippen molar-refractivity contribution in [2.45, 2.75) is 31.7 Å². The molecule has 4 nitrogen and oxygen atoms in total. The molecular weight excluding hydrogens is 257 g/mol. The first-order chi connectivity index (χ1) is 9.66. The number of carbonyl (C=O) groups excluding carboxylic acids is 1. The van der Waals surface area contributed by atoms with Gasteiger partial charge in [-0.3, -0.25) is 0 Å². The van der Waals surface area contributed by atoms with Gasteiger partial charge >= 0.3 is 0 Å². The van der Waals surface area contributed by atoms with Crippen LogP contribution >= 0.6 is 0 Å². The Balaban J connectivity index is 2.04. The lowest BCUT2D eigenvalue weighted by Gasteiger charge is -2.37. The molecule has 3 rings (SSSR count). The van der Waals surface area contributed by atoms with Gasteiger partial charge in [-0.2, -0.15) is 4.99 Å². The number of aliphatic imine (C=N–C) groups is 1. The molecule has 0 amide bonds. The maximum atomic E-state index is 14.3. The van der Waals surface area contributed by atoms with Gasteiger partial charge < -0.3 is 4.57 Å². The first-order valence-electron chi connectivity index (χ1n) is 6.56. The molecule has 2 aromatic rings. The highest BCUT2D eigenvalue weighted by atomic mass is 19.1. The number of nitrogens with zero attached hydrogens (tertiary/aromatic N) is 3. The molecule has 1 fully saturated rings. The minimum absolute atomic E-state index is 0.337. The molecule has 0 aliphatic heterocycles. The maximum absolute atomic E-state index is 14.3. The molecule has 0 spiro atoms. The van der Waals surface area contributed by atoms with E-state index in [0.29, 0.717) is 5.69 Å². The summed E-state index contributed by atoms with van der Waals surface area (Å²) in [4.78, 5) is 18.6. The van der Waals surface area contributed by atoms with Gasteiger partial charge in [0, 0.05) is 12.4 Å². The van der Waals surface area contributed by atoms with Gasteiger partial charge in [-0.05, 0) is 43.9 Å². The van der Waals surface area contributed by atoms with E-state index < -0.39 is 5.54 Å². The van der Waals surface area contributed by atoms with E-state index in [-0.39, 0.29) is 5.82 Å². The SMILES string of the molecule is Cc1nccn1-c1ccc(C2(N=C=O)CCC2)cc1F. The van der Waals surface area contributed by atoms with Crippen LogP contribution in [-0.4, -0.2) is 15.6 Å². The predicted molar refractivity (Wildman–Crippen MR) is 71.9 cm³/mol. The Morgan fingerprint density at radius 2 is 2.25 bits per heavy atom. The van der Waals surface area contributed by atoms with E-state index in [1.165, 1.54) is 6.07 Å². The Hall–Kier alpha value is -2.26. The van der Waals surface area contributed by atoms with Gasteiger partial charge in [0.15, 0.2) is 0 Å². The topological polar surface area (TPSA) is 47.2 Å². The van der Waals surface area contributed by atoms with Crippen molar-refractivity contribution in [2.75, 3.05) is 0 Å². The molecule has 1 aliphatic rings. The summed E-state index contributed by atoms with van der Waals surface area (Å²) in [5, 5.41) is 0. The number of halogens is 1. The van der Waals surface area contributed by atoms with Crippen molar-refractivity contribution in [3.05, 3.63) is 47.8 Å². The zero-order chi connectivity index (χ0) is 14.2. The number of rotatable bonds is 3. The van der Waals surface area contributed by atoms with Crippen LogP contribution in [-0.2, 0) is 10.3 Å². The van der Waals surface area contributed by atoms with Gasteiger partial charge in [-0.15, -0.1) is 0 Å². The first kappa shape index (κ1) is 12.8. The van der Waals surface area contributed by atoms with Crippen LogP contribution < -0.4 is 0 Å². The Labute approximate surface area is 116 Å². The number of aromatic nitrogens is 2. The summed E-state index contributed by atoms with van der Waals surface area (Å²) >= 11 is 0. The third-order valence-corrected chi connectivity index (χ3v) is 4.01. The number of imidazole rings is 1. The summed E-state index contributed by atoms with van der Waals surface area (Å²) in [6, 6.07) is 5.01. The fraction of sp³-hybridized carbons (Fsp3) is 0.333. The summed E-state index contributed by atoms with van der Waals surface area (Å²) in [6.07, 6.45) is 7.50. The van der Waals surface area contributed by atoms with Gasteiger partial charge in [0.2, 0.25) is 6.08 Å². The quantitative estimate of drug-likeness (QED) is 0.636. The van der Waals surface area contributed by atoms with E-state index in [2.05, 4.69) is 9.98 Å². The maximum Gasteiger partial charge on any atom is 0.235 e. The van der Waals surface area contributed by atoms with Gasteiger partial charge in [-0.25, -0.2) is 14.2 Å². The largest absolute Gasteiger partial charge is 0.301 e. The van der Waals surface area contributed by atoms with Crippen molar-refractivity contribution >= 4 is 6.08 Å². The fourth-order valence-corrected chi connectivity index (χ4v) is 2.69. The molecule has 0 radical (unpaired) electrons. The van der Waals surface area contributed by atoms with Gasteiger partial charge in [0.1, 0.15) is 11.6 Å². The summed E-state index contributed by atoms with van der Waals surface area (Å²) in [5.74, 6) is 0.386. The lowest BCUT2D eigenvalue weighted by Crippen LogP contribution is -2.32. The number of aryl methyl sites for hydroxylation is 1. The summed E-state index contributed by atoms with van der Waals surface area (Å²) in [7, 11) is 0. The van der Waals surface area contributed by atoms with Crippen molar-refractivity contribution in [1.82, 2.24) is 9.55 Å². The standard InChI is InChI=1S/C15H14FN3O/c1-11-17-7-8-19(11)14-4-3-12(9-13(14)16)15(18-10-20)5-2-6-15/h3-4,7-9H,2,5-6H2,1H3. The Morgan fingerprint density at radius 3 is 2.75 bits per heavy atom. The monoisotopic (exact) mass is 271 g/mol. The molecule has 1 aromatic heterocycles. The number of hydrogen-bond acceptors (Lipinski definition) is 3. The van der Waals surface area contributed by atoms with E-state index in [1.807, 2.05) is 13.0 Å². The molecule has 0 N–H and O–H groups in total. The second kappa shape index (κ2) is 4.69. The van der Waals surface area contributed by atoms with Crippen LogP contribution in [0, 0.1) is 12.7 Å². The van der Waals surface area contributed by atoms with Crippen LogP contribution in [0.1, 0.15) is 30.7 Å². The third kappa shape index (κ3) is 1.87. The Bertz CT molecular complexity index is 697. The minimum Gasteiger partial charge on any atom is -0.301 e. The molecule has 1 aliphatic carbocycles. The number of benzene rings is 1. The molecule has 1 aromatic carbocycles. The van der Waals surface area contributed by atoms with Crippen molar-refractivity contribution in [3.8, 4) is 5.69 Å². The highest BCUT2D eigenvalue weighted by molar-refractivity contribution is 5.43. The number of isocyanates is 1. The molecule has 1 heterocycles. The molecule has 0 saturated heterocycles. The molecule has 20 heavy (non-hydrogen) atoms. The average Bonchev–Trinajstić information content (AvgIpc) is 2.80. The molecule has 5 heteroatoms. The van der Waals surface area contributed by atoms with E-state index in [9.17, 15) is 9.18 Å². The molecular formula is C15H14FN3O. The van der Waals surface area contributed by atoms with Crippen LogP contribution in [0.2, 0.25) is 0 Å². The summed E-state index contributed by atoms with van der Waals surface area (Å²) < 4.78 is 16.0. The molecule has 0 unspecified atom stereocenters. The van der Waals surface area contributed by atoms with Gasteiger partial charge in [0.25, 0.3) is 0 Å². The summed E-state index contributed by atoms with van der Waals surface area (Å²) in [6.45, 7) is 1.82. The van der Waals surface area contributed by atoms with Crippen molar-refractivity contribution in [2.24, 2.45) is 4.99 Å². The van der Waals surface area contributed by atoms with Crippen molar-refractivity contribution in [1.29, 1.82) is 0 Å². The van der Waals surface area contributed by atoms with Crippen LogP contribution in [0.3, 0.4) is 0 Å². The van der Waals surface area contributed by atoms with E-state index in [1.54, 1.807) is 29.1 Å². The van der Waals surface area contributed by atoms with Crippen LogP contribution in [0.15, 0.2) is 35.6 Å². The average molecular weight is 271 g/mol. The van der Waals surface area contributed by atoms with E-state index in [0.717, 1.165) is 30.7 Å². The highest BCUT2D eigenvalue weighted by Gasteiger charge is 2.39. The molecule has 102 valence electrons. The van der Waals surface area contributed by atoms with E-state index in [4.69, 9.17) is 0 Å². The van der Waals surface area contributed by atoms with Crippen LogP contribution in [0.5, 0.6) is 0 Å². The fourth-order valence-electron chi connectivity index (χ4n) is 2.69. The number of hydrogen-bond donors (Lipinski definition) is 0. The molecule has 0 atom stereocenters. The van der Waals surface area contributed by atoms with Gasteiger partial charge in [0.05, 0.1) is 11.2 Å². The normalized spacial score (nSPS) is 16.3. The smallest absolute Gasteiger partial charge is 0.235 e. The van der Waals surface area contributed by atoms with Crippen molar-refractivity contribution in [3.63, 3.8) is 0 Å². The Kier molecular flexibility index (Phi) is 2.99. The minimum atomic E-state index is -0.564. The zero-order valence-corrected chi connectivity index (χ0v) is 11.1. The Morgan fingerprint density at radius 1 is 1.45 bits per heavy atom. The zero-order valence-electron chi connectivity index (χ0n) is 11.1. The van der Waals surface area contributed by atoms with Gasteiger partial charge in [-0.1, -0.05) is 6.07 Å². The summed E-state index contributed by atoms with van der Waals surface area (Å²) in [5.41, 5.74) is 0.630. The van der Waals surface area contributed by atoms with Crippen molar-refractivity contribution < 1.29 is 9.18 Å². The van der Waals surface area contributed by atoms with E-state index >= 15 is 0 Å². The predicted octanol–water partition coefficient (Wildman–Crippen LogP) is 3.03. The third-order valence-electron chi connectivity index (χ3n) is 4.01. The lowest BCUT2D eigenvalue weighted by molar-refractivity contribution is 0.255. The molecule has 1 saturated carbocycles. The lowest BCUT2D eigenvalue weighted by atomic mass is 9.72. The van der Waals surface area contributed by atoms with Crippen LogP contribution in [0.25, 0.3) is 5.69 Å². The highest BCUT2D eigenvalue weighted by Crippen LogP contribution is 2.45. The molecule has 0 bridgehead atoms. The second-order valence-electron chi connectivity index (χ2n) is 5.10. The second-order valence-corrected chi connectivity index (χ2v) is 5.10. The first-order valence-corrected chi connectivity index (χ1v) is 6.56.